The molecule has 0 radical (unpaired) electrons. The zero-order valence-corrected chi connectivity index (χ0v) is 7.54. The van der Waals surface area contributed by atoms with Crippen molar-refractivity contribution in [2.24, 2.45) is 5.73 Å². The van der Waals surface area contributed by atoms with E-state index < -0.39 is 6.04 Å². The molecule has 0 aromatic carbocycles. The molecule has 0 saturated carbocycles. The van der Waals surface area contributed by atoms with Crippen LogP contribution in [0, 0.1) is 6.92 Å². The lowest BCUT2D eigenvalue weighted by molar-refractivity contribution is 0.266. The van der Waals surface area contributed by atoms with Gasteiger partial charge in [-0.1, -0.05) is 11.6 Å². The number of aliphatic hydroxyl groups is 1. The molecule has 1 rings (SSSR count). The van der Waals surface area contributed by atoms with Crippen LogP contribution in [0.2, 0.25) is 5.02 Å². The summed E-state index contributed by atoms with van der Waals surface area (Å²) in [6.45, 7) is 1.77. The van der Waals surface area contributed by atoms with Gasteiger partial charge in [0, 0.05) is 6.20 Å². The van der Waals surface area contributed by atoms with Gasteiger partial charge in [0.15, 0.2) is 0 Å². The van der Waals surface area contributed by atoms with Crippen LogP contribution in [0.4, 0.5) is 0 Å². The lowest BCUT2D eigenvalue weighted by Crippen LogP contribution is -2.16. The predicted molar refractivity (Wildman–Crippen MR) is 48.0 cm³/mol. The molecule has 1 aromatic rings. The van der Waals surface area contributed by atoms with Crippen LogP contribution in [0.15, 0.2) is 12.3 Å². The Morgan fingerprint density at radius 1 is 1.75 bits per heavy atom. The van der Waals surface area contributed by atoms with Crippen molar-refractivity contribution in [1.29, 1.82) is 0 Å². The van der Waals surface area contributed by atoms with Gasteiger partial charge in [0.1, 0.15) is 0 Å². The van der Waals surface area contributed by atoms with Crippen LogP contribution in [0.25, 0.3) is 0 Å². The minimum atomic E-state index is -0.416. The molecule has 0 bridgehead atoms. The average molecular weight is 187 g/mol. The van der Waals surface area contributed by atoms with Crippen LogP contribution < -0.4 is 5.73 Å². The Hall–Kier alpha value is -0.640. The maximum absolute atomic E-state index is 8.75. The predicted octanol–water partition coefficient (Wildman–Crippen LogP) is 1.04. The van der Waals surface area contributed by atoms with E-state index in [-0.39, 0.29) is 6.61 Å². The molecular weight excluding hydrogens is 176 g/mol. The number of rotatable bonds is 2. The second kappa shape index (κ2) is 3.85. The summed E-state index contributed by atoms with van der Waals surface area (Å²) in [4.78, 5) is 3.99. The van der Waals surface area contributed by atoms with E-state index in [1.165, 1.54) is 0 Å². The van der Waals surface area contributed by atoms with Gasteiger partial charge in [-0.2, -0.15) is 0 Å². The van der Waals surface area contributed by atoms with Crippen LogP contribution in [-0.4, -0.2) is 16.7 Å². The molecule has 12 heavy (non-hydrogen) atoms. The number of hydrogen-bond acceptors (Lipinski definition) is 3. The molecule has 1 atom stereocenters. The van der Waals surface area contributed by atoms with Crippen molar-refractivity contribution in [1.82, 2.24) is 4.98 Å². The van der Waals surface area contributed by atoms with E-state index in [0.29, 0.717) is 10.7 Å². The third-order valence-corrected chi connectivity index (χ3v) is 2.04. The fourth-order valence-corrected chi connectivity index (χ4v) is 0.961. The van der Waals surface area contributed by atoms with Crippen molar-refractivity contribution in [2.45, 2.75) is 13.0 Å². The molecule has 0 aliphatic heterocycles. The van der Waals surface area contributed by atoms with Gasteiger partial charge < -0.3 is 10.8 Å². The Bertz CT molecular complexity index is 278. The number of hydrogen-bond donors (Lipinski definition) is 2. The van der Waals surface area contributed by atoms with Crippen LogP contribution in [-0.2, 0) is 0 Å². The molecule has 3 nitrogen and oxygen atoms in total. The minimum absolute atomic E-state index is 0.103. The number of aliphatic hydroxyl groups excluding tert-OH is 1. The zero-order chi connectivity index (χ0) is 9.14. The number of halogens is 1. The van der Waals surface area contributed by atoms with Crippen LogP contribution in [0.5, 0.6) is 0 Å². The van der Waals surface area contributed by atoms with Crippen LogP contribution in [0.3, 0.4) is 0 Å². The number of nitrogens with zero attached hydrogens (tertiary/aromatic N) is 1. The van der Waals surface area contributed by atoms with Gasteiger partial charge in [0.2, 0.25) is 0 Å². The van der Waals surface area contributed by atoms with Gasteiger partial charge in [-0.15, -0.1) is 0 Å². The number of pyridine rings is 1. The molecule has 0 amide bonds. The Balaban J connectivity index is 2.96. The normalized spacial score (nSPS) is 13.0. The monoisotopic (exact) mass is 186 g/mol. The SMILES string of the molecule is Cc1cc(C(N)CO)ncc1Cl. The Morgan fingerprint density at radius 3 is 2.92 bits per heavy atom. The van der Waals surface area contributed by atoms with Crippen molar-refractivity contribution < 1.29 is 5.11 Å². The molecule has 4 heteroatoms. The molecule has 0 aliphatic rings. The van der Waals surface area contributed by atoms with Gasteiger partial charge in [-0.3, -0.25) is 4.98 Å². The summed E-state index contributed by atoms with van der Waals surface area (Å²) >= 11 is 5.76. The molecule has 1 aromatic heterocycles. The Morgan fingerprint density at radius 2 is 2.42 bits per heavy atom. The first kappa shape index (κ1) is 9.45. The number of nitrogens with two attached hydrogens (primary N) is 1. The van der Waals surface area contributed by atoms with E-state index in [4.69, 9.17) is 22.4 Å². The van der Waals surface area contributed by atoms with E-state index in [1.54, 1.807) is 12.3 Å². The summed E-state index contributed by atoms with van der Waals surface area (Å²) in [5.74, 6) is 0. The lowest BCUT2D eigenvalue weighted by atomic mass is 10.1. The highest BCUT2D eigenvalue weighted by Gasteiger charge is 2.06. The second-order valence-corrected chi connectivity index (χ2v) is 3.05. The molecule has 3 N–H and O–H groups in total. The molecule has 66 valence electrons. The third-order valence-electron chi connectivity index (χ3n) is 1.64. The van der Waals surface area contributed by atoms with Gasteiger partial charge in [-0.05, 0) is 18.6 Å². The Kier molecular flexibility index (Phi) is 3.03. The van der Waals surface area contributed by atoms with E-state index in [1.807, 2.05) is 6.92 Å². The highest BCUT2D eigenvalue weighted by atomic mass is 35.5. The second-order valence-electron chi connectivity index (χ2n) is 2.65. The minimum Gasteiger partial charge on any atom is -0.394 e. The van der Waals surface area contributed by atoms with E-state index >= 15 is 0 Å². The van der Waals surface area contributed by atoms with Crippen molar-refractivity contribution in [3.05, 3.63) is 28.5 Å². The standard InChI is InChI=1S/C8H11ClN2O/c1-5-2-8(7(10)4-12)11-3-6(5)9/h2-3,7,12H,4,10H2,1H3. The van der Waals surface area contributed by atoms with Crippen molar-refractivity contribution in [3.8, 4) is 0 Å². The summed E-state index contributed by atoms with van der Waals surface area (Å²) in [6.07, 6.45) is 1.54. The summed E-state index contributed by atoms with van der Waals surface area (Å²) in [5, 5.41) is 9.37. The summed E-state index contributed by atoms with van der Waals surface area (Å²) in [7, 11) is 0. The summed E-state index contributed by atoms with van der Waals surface area (Å²) in [5.41, 5.74) is 7.15. The van der Waals surface area contributed by atoms with Crippen LogP contribution >= 0.6 is 11.6 Å². The molecule has 0 spiro atoms. The molecule has 1 heterocycles. The van der Waals surface area contributed by atoms with Crippen molar-refractivity contribution in [2.75, 3.05) is 6.61 Å². The smallest absolute Gasteiger partial charge is 0.0705 e. The highest BCUT2D eigenvalue weighted by molar-refractivity contribution is 6.31. The first-order valence-electron chi connectivity index (χ1n) is 3.63. The van der Waals surface area contributed by atoms with E-state index in [2.05, 4.69) is 4.98 Å². The lowest BCUT2D eigenvalue weighted by Gasteiger charge is -2.08. The van der Waals surface area contributed by atoms with E-state index in [9.17, 15) is 0 Å². The fraction of sp³-hybridized carbons (Fsp3) is 0.375. The zero-order valence-electron chi connectivity index (χ0n) is 6.79. The Labute approximate surface area is 76.2 Å². The number of aryl methyl sites for hydroxylation is 1. The van der Waals surface area contributed by atoms with Gasteiger partial charge in [0.05, 0.1) is 23.4 Å². The molecule has 0 fully saturated rings. The largest absolute Gasteiger partial charge is 0.394 e. The van der Waals surface area contributed by atoms with Crippen molar-refractivity contribution >= 4 is 11.6 Å². The molecular formula is C8H11ClN2O. The summed E-state index contributed by atoms with van der Waals surface area (Å²) in [6, 6.07) is 1.37. The van der Waals surface area contributed by atoms with Crippen molar-refractivity contribution in [3.63, 3.8) is 0 Å². The summed E-state index contributed by atoms with van der Waals surface area (Å²) < 4.78 is 0. The average Bonchev–Trinajstić information content (AvgIpc) is 2.08. The van der Waals surface area contributed by atoms with Crippen LogP contribution in [0.1, 0.15) is 17.3 Å². The maximum atomic E-state index is 8.75. The quantitative estimate of drug-likeness (QED) is 0.726. The maximum Gasteiger partial charge on any atom is 0.0705 e. The first-order valence-corrected chi connectivity index (χ1v) is 4.01. The van der Waals surface area contributed by atoms with Gasteiger partial charge in [-0.25, -0.2) is 0 Å². The topological polar surface area (TPSA) is 59.1 Å². The molecule has 0 aliphatic carbocycles. The molecule has 1 unspecified atom stereocenters. The highest BCUT2D eigenvalue weighted by Crippen LogP contribution is 2.16. The van der Waals surface area contributed by atoms with Gasteiger partial charge in [0.25, 0.3) is 0 Å². The number of aromatic nitrogens is 1. The fourth-order valence-electron chi connectivity index (χ4n) is 0.857. The molecule has 0 saturated heterocycles. The van der Waals surface area contributed by atoms with E-state index in [0.717, 1.165) is 5.56 Å². The first-order chi connectivity index (χ1) is 5.65. The third kappa shape index (κ3) is 1.94. The van der Waals surface area contributed by atoms with Gasteiger partial charge >= 0.3 is 0 Å².